The molecule has 0 aromatic carbocycles. The predicted molar refractivity (Wildman–Crippen MR) is 68.2 cm³/mol. The molecule has 108 valence electrons. The van der Waals surface area contributed by atoms with Crippen LogP contribution in [0, 0.1) is 17.8 Å². The lowest BCUT2D eigenvalue weighted by atomic mass is 9.82. The van der Waals surface area contributed by atoms with Gasteiger partial charge in [0.1, 0.15) is 0 Å². The molecule has 5 nitrogen and oxygen atoms in total. The van der Waals surface area contributed by atoms with Crippen LogP contribution in [-0.2, 0) is 14.3 Å². The van der Waals surface area contributed by atoms with Crippen LogP contribution in [0.5, 0.6) is 0 Å². The molecule has 0 amide bonds. The lowest BCUT2D eigenvalue weighted by molar-refractivity contribution is -0.179. The van der Waals surface area contributed by atoms with Crippen LogP contribution in [-0.4, -0.2) is 35.7 Å². The second-order valence-electron chi connectivity index (χ2n) is 5.22. The number of carboxylic acids is 1. The topological polar surface area (TPSA) is 76.0 Å². The average Bonchev–Trinajstić information content (AvgIpc) is 3.21. The van der Waals surface area contributed by atoms with Gasteiger partial charge >= 0.3 is 5.97 Å². The zero-order valence-electron chi connectivity index (χ0n) is 11.2. The number of aliphatic hydroxyl groups is 1. The van der Waals surface area contributed by atoms with Gasteiger partial charge < -0.3 is 19.7 Å². The summed E-state index contributed by atoms with van der Waals surface area (Å²) < 4.78 is 11.0. The van der Waals surface area contributed by atoms with Crippen LogP contribution in [0.1, 0.15) is 32.6 Å². The van der Waals surface area contributed by atoms with Crippen molar-refractivity contribution in [3.63, 3.8) is 0 Å². The van der Waals surface area contributed by atoms with Crippen molar-refractivity contribution < 1.29 is 24.5 Å². The lowest BCUT2D eigenvalue weighted by Gasteiger charge is -2.36. The summed E-state index contributed by atoms with van der Waals surface area (Å²) in [6.07, 6.45) is 5.02. The van der Waals surface area contributed by atoms with Gasteiger partial charge in [0.05, 0.1) is 0 Å². The lowest BCUT2D eigenvalue weighted by Crippen LogP contribution is -2.38. The molecule has 5 heteroatoms. The summed E-state index contributed by atoms with van der Waals surface area (Å²) >= 11 is 0. The first kappa shape index (κ1) is 14.3. The molecule has 1 aliphatic carbocycles. The molecule has 0 unspecified atom stereocenters. The Bertz CT molecular complexity index is 348. The third-order valence-corrected chi connectivity index (χ3v) is 3.83. The summed E-state index contributed by atoms with van der Waals surface area (Å²) in [5.74, 6) is -0.137. The summed E-state index contributed by atoms with van der Waals surface area (Å²) in [5.41, 5.74) is 0. The summed E-state index contributed by atoms with van der Waals surface area (Å²) in [7, 11) is 0. The first-order valence-electron chi connectivity index (χ1n) is 7.01. The number of carboxylic acid groups (broad SMARTS) is 1. The Kier molecular flexibility index (Phi) is 4.82. The van der Waals surface area contributed by atoms with Gasteiger partial charge in [-0.3, -0.25) is 0 Å². The van der Waals surface area contributed by atoms with Crippen molar-refractivity contribution in [3.05, 3.63) is 11.8 Å². The zero-order chi connectivity index (χ0) is 13.8. The fourth-order valence-electron chi connectivity index (χ4n) is 2.80. The van der Waals surface area contributed by atoms with E-state index in [2.05, 4.69) is 0 Å². The van der Waals surface area contributed by atoms with Crippen LogP contribution in [0.3, 0.4) is 0 Å². The minimum absolute atomic E-state index is 0.00981. The smallest absolute Gasteiger partial charge is 0.370 e. The molecular weight excluding hydrogens is 248 g/mol. The van der Waals surface area contributed by atoms with E-state index in [4.69, 9.17) is 19.7 Å². The van der Waals surface area contributed by atoms with Crippen molar-refractivity contribution in [2.24, 2.45) is 17.8 Å². The van der Waals surface area contributed by atoms with E-state index in [9.17, 15) is 4.79 Å². The number of carbonyl (C=O) groups is 1. The van der Waals surface area contributed by atoms with Gasteiger partial charge in [0, 0.05) is 19.1 Å². The number of rotatable bonds is 7. The van der Waals surface area contributed by atoms with Crippen LogP contribution in [0.2, 0.25) is 0 Å². The molecule has 2 N–H and O–H groups in total. The van der Waals surface area contributed by atoms with Crippen LogP contribution < -0.4 is 0 Å². The Morgan fingerprint density at radius 3 is 2.79 bits per heavy atom. The molecule has 0 spiro atoms. The van der Waals surface area contributed by atoms with Crippen LogP contribution in [0.15, 0.2) is 11.8 Å². The van der Waals surface area contributed by atoms with Crippen molar-refractivity contribution >= 4 is 5.97 Å². The largest absolute Gasteiger partial charge is 0.475 e. The molecule has 1 heterocycles. The average molecular weight is 270 g/mol. The molecule has 1 saturated carbocycles. The quantitative estimate of drug-likeness (QED) is 0.737. The maximum Gasteiger partial charge on any atom is 0.370 e. The van der Waals surface area contributed by atoms with Gasteiger partial charge in [-0.15, -0.1) is 0 Å². The number of aliphatic hydroxyl groups excluding tert-OH is 1. The molecule has 0 bridgehead atoms. The fourth-order valence-corrected chi connectivity index (χ4v) is 2.80. The molecule has 0 aromatic heterocycles. The predicted octanol–water partition coefficient (Wildman–Crippen LogP) is 1.76. The van der Waals surface area contributed by atoms with E-state index >= 15 is 0 Å². The molecule has 19 heavy (non-hydrogen) atoms. The molecule has 0 saturated heterocycles. The Morgan fingerprint density at radius 2 is 2.26 bits per heavy atom. The Balaban J connectivity index is 2.16. The number of allylic oxidation sites excluding steroid dienone is 1. The first-order chi connectivity index (χ1) is 9.17. The van der Waals surface area contributed by atoms with E-state index in [1.54, 1.807) is 6.08 Å². The maximum atomic E-state index is 11.1. The highest BCUT2D eigenvalue weighted by atomic mass is 16.7. The van der Waals surface area contributed by atoms with Gasteiger partial charge in [-0.2, -0.15) is 0 Å². The number of hydrogen-bond acceptors (Lipinski definition) is 4. The number of aliphatic carboxylic acids is 1. The Morgan fingerprint density at radius 1 is 1.53 bits per heavy atom. The Hall–Kier alpha value is -1.07. The standard InChI is InChI=1S/C14H22O5/c1-2-18-14-10(4-3-7-15)11(9-5-6-9)8-12(19-14)13(16)17/h8-11,14-15H,2-7H2,1H3,(H,16,17)/t10-,11+,14+/m0/s1. The summed E-state index contributed by atoms with van der Waals surface area (Å²) in [6.45, 7) is 2.50. The minimum Gasteiger partial charge on any atom is -0.475 e. The third-order valence-electron chi connectivity index (χ3n) is 3.83. The molecule has 2 rings (SSSR count). The SMILES string of the molecule is CCO[C@@H]1OC(C(=O)O)=C[C@H](C2CC2)[C@@H]1CCCO. The van der Waals surface area contributed by atoms with Crippen LogP contribution in [0.25, 0.3) is 0 Å². The Labute approximate surface area is 113 Å². The normalized spacial score (nSPS) is 30.6. The second-order valence-corrected chi connectivity index (χ2v) is 5.22. The van der Waals surface area contributed by atoms with Crippen molar-refractivity contribution in [1.29, 1.82) is 0 Å². The highest BCUT2D eigenvalue weighted by Gasteiger charge is 2.43. The molecule has 0 aromatic rings. The molecule has 1 fully saturated rings. The second kappa shape index (κ2) is 6.39. The molecule has 2 aliphatic rings. The number of ether oxygens (including phenoxy) is 2. The summed E-state index contributed by atoms with van der Waals surface area (Å²) in [4.78, 5) is 11.1. The highest BCUT2D eigenvalue weighted by molar-refractivity contribution is 5.84. The van der Waals surface area contributed by atoms with Crippen molar-refractivity contribution in [2.45, 2.75) is 38.9 Å². The highest BCUT2D eigenvalue weighted by Crippen LogP contribution is 2.47. The van der Waals surface area contributed by atoms with Gasteiger partial charge in [0.2, 0.25) is 12.0 Å². The fraction of sp³-hybridized carbons (Fsp3) is 0.786. The van der Waals surface area contributed by atoms with E-state index in [0.29, 0.717) is 18.9 Å². The number of hydrogen-bond donors (Lipinski definition) is 2. The first-order valence-corrected chi connectivity index (χ1v) is 7.01. The van der Waals surface area contributed by atoms with Crippen LogP contribution in [0.4, 0.5) is 0 Å². The maximum absolute atomic E-state index is 11.1. The van der Waals surface area contributed by atoms with Crippen molar-refractivity contribution in [2.75, 3.05) is 13.2 Å². The van der Waals surface area contributed by atoms with E-state index in [-0.39, 0.29) is 24.2 Å². The molecule has 1 aliphatic heterocycles. The monoisotopic (exact) mass is 270 g/mol. The van der Waals surface area contributed by atoms with E-state index in [0.717, 1.165) is 19.3 Å². The third kappa shape index (κ3) is 3.48. The molecule has 3 atom stereocenters. The van der Waals surface area contributed by atoms with E-state index in [1.807, 2.05) is 6.92 Å². The van der Waals surface area contributed by atoms with Crippen LogP contribution >= 0.6 is 0 Å². The summed E-state index contributed by atoms with van der Waals surface area (Å²) in [6, 6.07) is 0. The van der Waals surface area contributed by atoms with Crippen molar-refractivity contribution in [1.82, 2.24) is 0 Å². The molecule has 0 radical (unpaired) electrons. The minimum atomic E-state index is -1.03. The van der Waals surface area contributed by atoms with Gasteiger partial charge in [0.15, 0.2) is 0 Å². The molecular formula is C14H22O5. The zero-order valence-corrected chi connectivity index (χ0v) is 11.2. The van der Waals surface area contributed by atoms with Gasteiger partial charge in [0.25, 0.3) is 0 Å². The van der Waals surface area contributed by atoms with Crippen molar-refractivity contribution in [3.8, 4) is 0 Å². The van der Waals surface area contributed by atoms with E-state index in [1.165, 1.54) is 0 Å². The summed E-state index contributed by atoms with van der Waals surface area (Å²) in [5, 5.41) is 18.1. The van der Waals surface area contributed by atoms with Gasteiger partial charge in [-0.25, -0.2) is 4.79 Å². The van der Waals surface area contributed by atoms with Gasteiger partial charge in [-0.05, 0) is 50.5 Å². The van der Waals surface area contributed by atoms with E-state index < -0.39 is 12.3 Å². The van der Waals surface area contributed by atoms with Gasteiger partial charge in [-0.1, -0.05) is 0 Å².